The second kappa shape index (κ2) is 4.24. The van der Waals surface area contributed by atoms with Crippen LogP contribution in [0.1, 0.15) is 16.7 Å². The highest BCUT2D eigenvalue weighted by molar-refractivity contribution is 6.13. The number of rotatable bonds is 2. The second-order valence-corrected chi connectivity index (χ2v) is 5.01. The molecule has 0 saturated carbocycles. The van der Waals surface area contributed by atoms with Gasteiger partial charge >= 0.3 is 0 Å². The smallest absolute Gasteiger partial charge is 0.126 e. The van der Waals surface area contributed by atoms with Crippen LogP contribution in [0.25, 0.3) is 22.4 Å². The topological polar surface area (TPSA) is 9.23 Å². The summed E-state index contributed by atoms with van der Waals surface area (Å²) in [6, 6.07) is 21.1. The Morgan fingerprint density at radius 3 is 2.35 bits per heavy atom. The van der Waals surface area contributed by atoms with Crippen LogP contribution in [0.2, 0.25) is 0 Å². The van der Waals surface area contributed by atoms with Crippen LogP contribution in [0.5, 0.6) is 5.75 Å². The fourth-order valence-corrected chi connectivity index (χ4v) is 3.04. The summed E-state index contributed by atoms with van der Waals surface area (Å²) in [6.07, 6.45) is 2.26. The molecule has 0 unspecified atom stereocenters. The summed E-state index contributed by atoms with van der Waals surface area (Å²) in [6.45, 7) is 0. The van der Waals surface area contributed by atoms with Crippen molar-refractivity contribution >= 4 is 22.4 Å². The van der Waals surface area contributed by atoms with Gasteiger partial charge in [0.15, 0.2) is 0 Å². The minimum Gasteiger partial charge on any atom is -0.496 e. The molecule has 0 aliphatic heterocycles. The molecule has 1 nitrogen and oxygen atoms in total. The van der Waals surface area contributed by atoms with Crippen molar-refractivity contribution in [1.82, 2.24) is 0 Å². The molecule has 0 spiro atoms. The molecule has 0 aromatic heterocycles. The van der Waals surface area contributed by atoms with Crippen LogP contribution in [-0.4, -0.2) is 7.11 Å². The third kappa shape index (κ3) is 1.50. The summed E-state index contributed by atoms with van der Waals surface area (Å²) in [7, 11) is 1.72. The molecule has 0 heterocycles. The van der Waals surface area contributed by atoms with Gasteiger partial charge in [0.1, 0.15) is 5.75 Å². The van der Waals surface area contributed by atoms with Crippen molar-refractivity contribution < 1.29 is 4.74 Å². The minimum atomic E-state index is 0.920. The van der Waals surface area contributed by atoms with E-state index in [1.54, 1.807) is 7.11 Å². The Hall–Kier alpha value is -2.54. The Morgan fingerprint density at radius 1 is 0.750 bits per heavy atom. The quantitative estimate of drug-likeness (QED) is 0.504. The Balaban J connectivity index is 2.01. The first kappa shape index (κ1) is 11.3. The van der Waals surface area contributed by atoms with Crippen LogP contribution in [0.3, 0.4) is 0 Å². The van der Waals surface area contributed by atoms with Crippen LogP contribution >= 0.6 is 0 Å². The molecule has 0 bridgehead atoms. The molecule has 0 amide bonds. The lowest BCUT2D eigenvalue weighted by Crippen LogP contribution is -1.91. The van der Waals surface area contributed by atoms with Gasteiger partial charge in [-0.15, -0.1) is 0 Å². The largest absolute Gasteiger partial charge is 0.496 e. The van der Waals surface area contributed by atoms with E-state index in [2.05, 4.69) is 54.6 Å². The van der Waals surface area contributed by atoms with Gasteiger partial charge in [-0.25, -0.2) is 0 Å². The fourth-order valence-electron chi connectivity index (χ4n) is 3.04. The number of benzene rings is 3. The van der Waals surface area contributed by atoms with Crippen molar-refractivity contribution in [3.8, 4) is 5.75 Å². The van der Waals surface area contributed by atoms with Crippen molar-refractivity contribution in [1.29, 1.82) is 0 Å². The SMILES string of the molecule is COc1ccccc1C1=Cc2cccc3cccc1c23. The maximum atomic E-state index is 5.51. The van der Waals surface area contributed by atoms with E-state index < -0.39 is 0 Å². The molecule has 3 aromatic carbocycles. The molecule has 1 heteroatoms. The molecular formula is C19H14O. The third-order valence-corrected chi connectivity index (χ3v) is 3.92. The Morgan fingerprint density at radius 2 is 1.50 bits per heavy atom. The Labute approximate surface area is 118 Å². The van der Waals surface area contributed by atoms with Gasteiger partial charge in [0.05, 0.1) is 7.11 Å². The van der Waals surface area contributed by atoms with E-state index >= 15 is 0 Å². The van der Waals surface area contributed by atoms with Gasteiger partial charge < -0.3 is 4.74 Å². The van der Waals surface area contributed by atoms with E-state index in [0.29, 0.717) is 0 Å². The highest BCUT2D eigenvalue weighted by Crippen LogP contribution is 2.42. The van der Waals surface area contributed by atoms with Crippen molar-refractivity contribution in [3.63, 3.8) is 0 Å². The zero-order valence-corrected chi connectivity index (χ0v) is 11.3. The molecule has 1 aliphatic carbocycles. The number of para-hydroxylation sites is 1. The van der Waals surface area contributed by atoms with E-state index in [0.717, 1.165) is 11.3 Å². The van der Waals surface area contributed by atoms with E-state index in [1.807, 2.05) is 12.1 Å². The molecule has 20 heavy (non-hydrogen) atoms. The van der Waals surface area contributed by atoms with Crippen molar-refractivity contribution in [2.75, 3.05) is 7.11 Å². The summed E-state index contributed by atoms with van der Waals surface area (Å²) in [5, 5.41) is 2.64. The zero-order valence-electron chi connectivity index (χ0n) is 11.3. The Kier molecular flexibility index (Phi) is 2.40. The molecular weight excluding hydrogens is 244 g/mol. The molecule has 4 rings (SSSR count). The lowest BCUT2D eigenvalue weighted by Gasteiger charge is -2.10. The van der Waals surface area contributed by atoms with E-state index in [4.69, 9.17) is 4.74 Å². The first-order valence-electron chi connectivity index (χ1n) is 6.76. The summed E-state index contributed by atoms with van der Waals surface area (Å²) in [5.74, 6) is 0.920. The van der Waals surface area contributed by atoms with Gasteiger partial charge in [0, 0.05) is 5.56 Å². The van der Waals surface area contributed by atoms with Gasteiger partial charge in [-0.2, -0.15) is 0 Å². The monoisotopic (exact) mass is 258 g/mol. The lowest BCUT2D eigenvalue weighted by molar-refractivity contribution is 0.413. The van der Waals surface area contributed by atoms with Gasteiger partial charge in [0.2, 0.25) is 0 Å². The van der Waals surface area contributed by atoms with E-state index in [1.165, 1.54) is 27.5 Å². The summed E-state index contributed by atoms with van der Waals surface area (Å²) < 4.78 is 5.51. The molecule has 0 atom stereocenters. The predicted molar refractivity (Wildman–Crippen MR) is 83.9 cm³/mol. The first-order valence-corrected chi connectivity index (χ1v) is 6.76. The number of methoxy groups -OCH3 is 1. The summed E-state index contributed by atoms with van der Waals surface area (Å²) >= 11 is 0. The summed E-state index contributed by atoms with van der Waals surface area (Å²) in [4.78, 5) is 0. The molecule has 3 aromatic rings. The second-order valence-electron chi connectivity index (χ2n) is 5.01. The summed E-state index contributed by atoms with van der Waals surface area (Å²) in [5.41, 5.74) is 4.98. The highest BCUT2D eigenvalue weighted by Gasteiger charge is 2.19. The van der Waals surface area contributed by atoms with E-state index in [-0.39, 0.29) is 0 Å². The number of ether oxygens (including phenoxy) is 1. The molecule has 0 radical (unpaired) electrons. The van der Waals surface area contributed by atoms with Crippen molar-refractivity contribution in [2.45, 2.75) is 0 Å². The maximum absolute atomic E-state index is 5.51. The first-order chi connectivity index (χ1) is 9.88. The lowest BCUT2D eigenvalue weighted by atomic mass is 9.97. The van der Waals surface area contributed by atoms with Gasteiger partial charge in [-0.1, -0.05) is 54.6 Å². The van der Waals surface area contributed by atoms with Gasteiger partial charge in [-0.3, -0.25) is 0 Å². The van der Waals surface area contributed by atoms with E-state index in [9.17, 15) is 0 Å². The normalized spacial score (nSPS) is 12.6. The molecule has 0 N–H and O–H groups in total. The van der Waals surface area contributed by atoms with Crippen LogP contribution in [0.15, 0.2) is 60.7 Å². The standard InChI is InChI=1S/C19H14O/c1-20-18-11-3-2-9-15(18)17-12-14-8-4-6-13-7-5-10-16(17)19(13)14/h2-12H,1H3. The molecule has 0 fully saturated rings. The predicted octanol–water partition coefficient (Wildman–Crippen LogP) is 4.75. The van der Waals surface area contributed by atoms with Crippen LogP contribution in [0.4, 0.5) is 0 Å². The van der Waals surface area contributed by atoms with Crippen LogP contribution in [-0.2, 0) is 0 Å². The molecule has 1 aliphatic rings. The zero-order chi connectivity index (χ0) is 13.5. The average molecular weight is 258 g/mol. The average Bonchev–Trinajstić information content (AvgIpc) is 2.89. The van der Waals surface area contributed by atoms with Crippen LogP contribution < -0.4 is 4.74 Å². The maximum Gasteiger partial charge on any atom is 0.126 e. The van der Waals surface area contributed by atoms with Gasteiger partial charge in [0.25, 0.3) is 0 Å². The minimum absolute atomic E-state index is 0.920. The molecule has 0 saturated heterocycles. The molecule has 96 valence electrons. The number of hydrogen-bond donors (Lipinski definition) is 0. The van der Waals surface area contributed by atoms with Crippen molar-refractivity contribution in [2.24, 2.45) is 0 Å². The number of hydrogen-bond acceptors (Lipinski definition) is 1. The Bertz CT molecular complexity index is 838. The fraction of sp³-hybridized carbons (Fsp3) is 0.0526. The van der Waals surface area contributed by atoms with Gasteiger partial charge in [-0.05, 0) is 39.6 Å². The third-order valence-electron chi connectivity index (χ3n) is 3.92. The van der Waals surface area contributed by atoms with Crippen molar-refractivity contribution in [3.05, 3.63) is 77.4 Å². The van der Waals surface area contributed by atoms with Crippen LogP contribution in [0, 0.1) is 0 Å². The highest BCUT2D eigenvalue weighted by atomic mass is 16.5.